The number of nitrogens with zero attached hydrogens (tertiary/aromatic N) is 1. The predicted octanol–water partition coefficient (Wildman–Crippen LogP) is 6.91. The number of aromatic hydroxyl groups is 2. The van der Waals surface area contributed by atoms with Crippen molar-refractivity contribution in [1.82, 2.24) is 0 Å². The molecule has 2 aromatic carbocycles. The summed E-state index contributed by atoms with van der Waals surface area (Å²) in [5.41, 5.74) is 2.26. The minimum absolute atomic E-state index is 0.0116. The quantitative estimate of drug-likeness (QED) is 0.241. The van der Waals surface area contributed by atoms with Gasteiger partial charge in [0.05, 0.1) is 53.3 Å². The van der Waals surface area contributed by atoms with Crippen LogP contribution in [0, 0.1) is 23.2 Å². The highest BCUT2D eigenvalue weighted by Crippen LogP contribution is 2.39. The first kappa shape index (κ1) is 32.8. The molecular formula is C35H45NO7. The molecule has 2 heterocycles. The van der Waals surface area contributed by atoms with Crippen molar-refractivity contribution in [1.29, 1.82) is 5.26 Å². The van der Waals surface area contributed by atoms with Gasteiger partial charge < -0.3 is 34.3 Å². The molecule has 8 nitrogen and oxygen atoms in total. The Morgan fingerprint density at radius 2 is 1.40 bits per heavy atom. The Kier molecular flexibility index (Phi) is 12.3. The predicted molar refractivity (Wildman–Crippen MR) is 162 cm³/mol. The van der Waals surface area contributed by atoms with Crippen LogP contribution >= 0.6 is 0 Å². The molecule has 7 atom stereocenters. The normalized spacial score (nSPS) is 26.2. The van der Waals surface area contributed by atoms with Gasteiger partial charge in [0.15, 0.2) is 12.6 Å². The summed E-state index contributed by atoms with van der Waals surface area (Å²) < 4.78 is 24.8. The highest BCUT2D eigenvalue weighted by molar-refractivity contribution is 5.44. The van der Waals surface area contributed by atoms with Gasteiger partial charge >= 0.3 is 0 Å². The summed E-state index contributed by atoms with van der Waals surface area (Å²) >= 11 is 0. The van der Waals surface area contributed by atoms with E-state index in [4.69, 9.17) is 18.9 Å². The van der Waals surface area contributed by atoms with E-state index in [1.54, 1.807) is 24.3 Å². The van der Waals surface area contributed by atoms with Gasteiger partial charge in [0.1, 0.15) is 11.5 Å². The van der Waals surface area contributed by atoms with E-state index in [9.17, 15) is 20.6 Å². The third-order valence-corrected chi connectivity index (χ3v) is 8.08. The minimum atomic E-state index is -0.794. The van der Waals surface area contributed by atoms with Gasteiger partial charge in [-0.05, 0) is 74.9 Å². The third-order valence-electron chi connectivity index (χ3n) is 8.08. The summed E-state index contributed by atoms with van der Waals surface area (Å²) in [6, 6.07) is 12.0. The maximum Gasteiger partial charge on any atom is 0.188 e. The summed E-state index contributed by atoms with van der Waals surface area (Å²) in [6.45, 7) is 6.17. The average Bonchev–Trinajstić information content (AvgIpc) is 3.00. The Morgan fingerprint density at radius 3 is 2.02 bits per heavy atom. The van der Waals surface area contributed by atoms with Crippen LogP contribution in [0.1, 0.15) is 120 Å². The zero-order valence-corrected chi connectivity index (χ0v) is 25.5. The lowest BCUT2D eigenvalue weighted by molar-refractivity contribution is -0.254. The standard InChI is InChI=1S/C35H45NO7/c1-4-7-10-23-13-15-32(38)30(17-23)34-40-26(6-3)20-28(42-34)12-8-11-25(37)19-29-21-27(9-5-2)41-35(43-29)31-18-24(22-36)14-16-33(31)39/h13-18,25-29,34-35,37-39H,4-6,8-9,11-12,19-21H2,1-3H3. The highest BCUT2D eigenvalue weighted by Gasteiger charge is 2.34. The molecule has 8 heteroatoms. The summed E-state index contributed by atoms with van der Waals surface area (Å²) in [4.78, 5) is 0. The van der Waals surface area contributed by atoms with Gasteiger partial charge in [0, 0.05) is 24.8 Å². The molecule has 0 aliphatic carbocycles. The lowest BCUT2D eigenvalue weighted by Gasteiger charge is -2.37. The molecule has 43 heavy (non-hydrogen) atoms. The van der Waals surface area contributed by atoms with Gasteiger partial charge in [0.25, 0.3) is 0 Å². The van der Waals surface area contributed by atoms with Crippen molar-refractivity contribution in [3.63, 3.8) is 0 Å². The molecular weight excluding hydrogens is 546 g/mol. The molecule has 4 rings (SSSR count). The molecule has 2 saturated heterocycles. The largest absolute Gasteiger partial charge is 0.507 e. The number of phenols is 2. The van der Waals surface area contributed by atoms with Crippen molar-refractivity contribution >= 4 is 0 Å². The zero-order valence-electron chi connectivity index (χ0n) is 25.5. The van der Waals surface area contributed by atoms with Gasteiger partial charge in [-0.3, -0.25) is 0 Å². The van der Waals surface area contributed by atoms with Crippen molar-refractivity contribution in [2.75, 3.05) is 0 Å². The van der Waals surface area contributed by atoms with Crippen LogP contribution < -0.4 is 0 Å². The Bertz CT molecular complexity index is 1300. The van der Waals surface area contributed by atoms with Crippen LogP contribution in [0.25, 0.3) is 0 Å². The molecule has 0 bridgehead atoms. The fraction of sp³-hybridized carbons (Fsp3) is 0.571. The molecule has 2 fully saturated rings. The van der Waals surface area contributed by atoms with E-state index in [1.807, 2.05) is 13.0 Å². The molecule has 0 saturated carbocycles. The zero-order chi connectivity index (χ0) is 30.8. The van der Waals surface area contributed by atoms with Gasteiger partial charge in [-0.2, -0.15) is 5.26 Å². The average molecular weight is 592 g/mol. The number of benzene rings is 2. The first-order chi connectivity index (χ1) is 20.8. The summed E-state index contributed by atoms with van der Waals surface area (Å²) in [7, 11) is 0. The SMILES string of the molecule is CCC#Cc1ccc(O)c(C2OC(CC)CC(CCCC(O)CC3CC(CCC)OC(c4cc(C#N)ccc4O)O3)O2)c1. The summed E-state index contributed by atoms with van der Waals surface area (Å²) in [5, 5.41) is 41.3. The second kappa shape index (κ2) is 16.1. The monoisotopic (exact) mass is 591 g/mol. The number of rotatable bonds is 11. The first-order valence-corrected chi connectivity index (χ1v) is 15.7. The lowest BCUT2D eigenvalue weighted by atomic mass is 9.96. The Labute approximate surface area is 255 Å². The fourth-order valence-electron chi connectivity index (χ4n) is 5.80. The van der Waals surface area contributed by atoms with Crippen LogP contribution in [-0.4, -0.2) is 45.8 Å². The van der Waals surface area contributed by atoms with Crippen molar-refractivity contribution in [3.8, 4) is 29.4 Å². The van der Waals surface area contributed by atoms with Gasteiger partial charge in [-0.15, -0.1) is 0 Å². The van der Waals surface area contributed by atoms with Crippen LogP contribution in [-0.2, 0) is 18.9 Å². The van der Waals surface area contributed by atoms with E-state index < -0.39 is 18.7 Å². The van der Waals surface area contributed by atoms with Gasteiger partial charge in [-0.1, -0.05) is 39.0 Å². The Hall–Kier alpha value is -3.11. The van der Waals surface area contributed by atoms with Crippen molar-refractivity contribution in [2.45, 2.75) is 128 Å². The molecule has 0 spiro atoms. The number of ether oxygens (including phenoxy) is 4. The maximum atomic E-state index is 11.0. The van der Waals surface area contributed by atoms with Crippen LogP contribution in [0.4, 0.5) is 0 Å². The molecule has 0 radical (unpaired) electrons. The lowest BCUT2D eigenvalue weighted by Crippen LogP contribution is -2.36. The van der Waals surface area contributed by atoms with Gasteiger partial charge in [-0.25, -0.2) is 0 Å². The van der Waals surface area contributed by atoms with E-state index >= 15 is 0 Å². The van der Waals surface area contributed by atoms with Crippen molar-refractivity contribution in [2.24, 2.45) is 0 Å². The van der Waals surface area contributed by atoms with Gasteiger partial charge in [0.2, 0.25) is 0 Å². The van der Waals surface area contributed by atoms with E-state index in [1.165, 1.54) is 6.07 Å². The van der Waals surface area contributed by atoms with Crippen molar-refractivity contribution < 1.29 is 34.3 Å². The molecule has 232 valence electrons. The van der Waals surface area contributed by atoms with E-state index in [2.05, 4.69) is 31.8 Å². The van der Waals surface area contributed by atoms with E-state index in [0.29, 0.717) is 36.0 Å². The second-order valence-electron chi connectivity index (χ2n) is 11.5. The topological polar surface area (TPSA) is 121 Å². The molecule has 2 aromatic rings. The minimum Gasteiger partial charge on any atom is -0.507 e. The van der Waals surface area contributed by atoms with Crippen LogP contribution in [0.5, 0.6) is 11.5 Å². The number of phenolic OH excluding ortho intramolecular Hbond substituents is 2. The van der Waals surface area contributed by atoms with Crippen molar-refractivity contribution in [3.05, 3.63) is 58.7 Å². The molecule has 2 aliphatic heterocycles. The van der Waals surface area contributed by atoms with Crippen LogP contribution in [0.15, 0.2) is 36.4 Å². The van der Waals surface area contributed by atoms with Crippen LogP contribution in [0.3, 0.4) is 0 Å². The summed E-state index contributed by atoms with van der Waals surface area (Å²) in [6.07, 6.45) is 4.96. The fourth-order valence-corrected chi connectivity index (χ4v) is 5.80. The number of hydrogen-bond acceptors (Lipinski definition) is 8. The van der Waals surface area contributed by atoms with E-state index in [0.717, 1.165) is 50.5 Å². The maximum absolute atomic E-state index is 11.0. The third kappa shape index (κ3) is 9.19. The Morgan fingerprint density at radius 1 is 0.814 bits per heavy atom. The number of aliphatic hydroxyl groups excluding tert-OH is 1. The number of aliphatic hydroxyl groups is 1. The second-order valence-corrected chi connectivity index (χ2v) is 11.5. The van der Waals surface area contributed by atoms with Crippen LogP contribution in [0.2, 0.25) is 0 Å². The summed E-state index contributed by atoms with van der Waals surface area (Å²) in [5.74, 6) is 6.31. The highest BCUT2D eigenvalue weighted by atomic mass is 16.7. The molecule has 7 unspecified atom stereocenters. The number of hydrogen-bond donors (Lipinski definition) is 3. The van der Waals surface area contributed by atoms with E-state index in [-0.39, 0.29) is 35.9 Å². The smallest absolute Gasteiger partial charge is 0.188 e. The molecule has 0 aromatic heterocycles. The molecule has 0 amide bonds. The molecule has 3 N–H and O–H groups in total. The first-order valence-electron chi connectivity index (χ1n) is 15.7. The molecule has 2 aliphatic rings. The Balaban J connectivity index is 1.34. The number of nitriles is 1.